The van der Waals surface area contributed by atoms with Crippen LogP contribution in [0.2, 0.25) is 0 Å². The number of aliphatic hydroxyl groups excluding tert-OH is 2. The van der Waals surface area contributed by atoms with Gasteiger partial charge in [0.15, 0.2) is 11.3 Å². The van der Waals surface area contributed by atoms with Crippen LogP contribution in [0.4, 0.5) is 13.2 Å². The molecule has 0 spiro atoms. The summed E-state index contributed by atoms with van der Waals surface area (Å²) in [6, 6.07) is 5.53. The Morgan fingerprint density at radius 1 is 1.21 bits per heavy atom. The summed E-state index contributed by atoms with van der Waals surface area (Å²) in [6.45, 7) is -0.350. The summed E-state index contributed by atoms with van der Waals surface area (Å²) < 4.78 is 56.8. The quantitative estimate of drug-likeness (QED) is 0.726. The molecule has 2 aliphatic heterocycles. The summed E-state index contributed by atoms with van der Waals surface area (Å²) >= 11 is 1.10. The zero-order chi connectivity index (χ0) is 21.3. The van der Waals surface area contributed by atoms with Crippen molar-refractivity contribution < 1.29 is 37.6 Å². The minimum Gasteiger partial charge on any atom is -0.497 e. The molecular formula is C18H23F3N2O5S. The first-order valence-electron chi connectivity index (χ1n) is 8.86. The number of amidine groups is 1. The van der Waals surface area contributed by atoms with E-state index in [4.69, 9.17) is 14.2 Å². The third kappa shape index (κ3) is 4.80. The molecule has 0 aliphatic carbocycles. The number of hydrogen-bond donors (Lipinski definition) is 2. The highest BCUT2D eigenvalue weighted by Crippen LogP contribution is 2.41. The number of hydrogen-bond acceptors (Lipinski definition) is 8. The Hall–Kier alpha value is -1.53. The summed E-state index contributed by atoms with van der Waals surface area (Å²) in [6.07, 6.45) is -12.3. The molecule has 2 N–H and O–H groups in total. The van der Waals surface area contributed by atoms with Gasteiger partial charge in [0, 0.05) is 14.1 Å². The Kier molecular flexibility index (Phi) is 6.64. The molecule has 0 bridgehead atoms. The third-order valence-electron chi connectivity index (χ3n) is 4.68. The normalized spacial score (nSPS) is 30.5. The number of aliphatic imine (C=N–C) groups is 1. The molecule has 11 heteroatoms. The number of nitrogens with zero attached hydrogens (tertiary/aromatic N) is 2. The molecule has 1 aromatic rings. The first-order chi connectivity index (χ1) is 13.6. The number of benzene rings is 1. The molecule has 0 aromatic heterocycles. The molecule has 3 rings (SSSR count). The van der Waals surface area contributed by atoms with E-state index in [1.165, 1.54) is 7.11 Å². The molecular weight excluding hydrogens is 413 g/mol. The third-order valence-corrected chi connectivity index (χ3v) is 5.98. The highest BCUT2D eigenvalue weighted by Gasteiger charge is 2.57. The molecule has 7 nitrogen and oxygen atoms in total. The molecule has 0 unspecified atom stereocenters. The lowest BCUT2D eigenvalue weighted by Crippen LogP contribution is -2.61. The minimum atomic E-state index is -4.81. The van der Waals surface area contributed by atoms with Crippen LogP contribution in [0.3, 0.4) is 0 Å². The van der Waals surface area contributed by atoms with E-state index in [-0.39, 0.29) is 6.61 Å². The lowest BCUT2D eigenvalue weighted by atomic mass is 9.94. The van der Waals surface area contributed by atoms with E-state index in [1.54, 1.807) is 43.3 Å². The highest BCUT2D eigenvalue weighted by molar-refractivity contribution is 8.14. The molecule has 6 atom stereocenters. The first kappa shape index (κ1) is 22.2. The topological polar surface area (TPSA) is 83.8 Å². The van der Waals surface area contributed by atoms with Gasteiger partial charge in [0.25, 0.3) is 0 Å². The van der Waals surface area contributed by atoms with E-state index in [2.05, 4.69) is 4.99 Å². The predicted molar refractivity (Wildman–Crippen MR) is 101 cm³/mol. The zero-order valence-corrected chi connectivity index (χ0v) is 16.9. The minimum absolute atomic E-state index is 0.350. The van der Waals surface area contributed by atoms with Crippen molar-refractivity contribution in [2.24, 2.45) is 4.99 Å². The van der Waals surface area contributed by atoms with Crippen molar-refractivity contribution in [1.29, 1.82) is 0 Å². The summed E-state index contributed by atoms with van der Waals surface area (Å²) in [7, 11) is 4.93. The van der Waals surface area contributed by atoms with E-state index in [0.29, 0.717) is 16.5 Å². The summed E-state index contributed by atoms with van der Waals surface area (Å²) in [4.78, 5) is 5.91. The molecule has 0 amide bonds. The van der Waals surface area contributed by atoms with Gasteiger partial charge < -0.3 is 29.3 Å². The Morgan fingerprint density at radius 2 is 1.86 bits per heavy atom. The van der Waals surface area contributed by atoms with Crippen LogP contribution in [0.5, 0.6) is 5.75 Å². The number of halogens is 3. The van der Waals surface area contributed by atoms with Crippen molar-refractivity contribution in [3.63, 3.8) is 0 Å². The van der Waals surface area contributed by atoms with E-state index < -0.39 is 42.1 Å². The van der Waals surface area contributed by atoms with Crippen molar-refractivity contribution >= 4 is 16.9 Å². The van der Waals surface area contributed by atoms with Crippen molar-refractivity contribution in [2.75, 3.05) is 21.2 Å². The summed E-state index contributed by atoms with van der Waals surface area (Å²) in [5.74, 6) is 0.566. The van der Waals surface area contributed by atoms with Crippen molar-refractivity contribution in [3.8, 4) is 5.75 Å². The maximum absolute atomic E-state index is 13.7. The number of thioether (sulfide) groups is 1. The largest absolute Gasteiger partial charge is 0.497 e. The second kappa shape index (κ2) is 8.68. The average Bonchev–Trinajstić information content (AvgIpc) is 3.10. The van der Waals surface area contributed by atoms with Crippen LogP contribution in [0, 0.1) is 0 Å². The Balaban J connectivity index is 1.75. The maximum atomic E-state index is 13.7. The van der Waals surface area contributed by atoms with E-state index >= 15 is 0 Å². The number of ether oxygens (including phenoxy) is 3. The van der Waals surface area contributed by atoms with Gasteiger partial charge in [0.1, 0.15) is 35.5 Å². The molecule has 29 heavy (non-hydrogen) atoms. The number of alkyl halides is 3. The molecule has 1 aromatic carbocycles. The van der Waals surface area contributed by atoms with Crippen molar-refractivity contribution in [3.05, 3.63) is 29.8 Å². The zero-order valence-electron chi connectivity index (χ0n) is 16.0. The fraction of sp³-hybridized carbons (Fsp3) is 0.611. The van der Waals surface area contributed by atoms with E-state index in [9.17, 15) is 23.4 Å². The standard InChI is InChI=1S/C18H23F3N2O5S/c1-23(2)17-22-11-12(24)13(25)14(28-16(11)29-17)15(18(19,20)21)27-8-9-4-6-10(26-3)7-5-9/h4-7,11-16,24-25H,8H2,1-3H3/t11-,12-,13+,14+,15-,16-/m1/s1. The van der Waals surface area contributed by atoms with Gasteiger partial charge in [-0.05, 0) is 17.7 Å². The molecule has 2 heterocycles. The van der Waals surface area contributed by atoms with Gasteiger partial charge in [-0.15, -0.1) is 0 Å². The van der Waals surface area contributed by atoms with E-state index in [1.807, 2.05) is 0 Å². The summed E-state index contributed by atoms with van der Waals surface area (Å²) in [5, 5.41) is 21.2. The van der Waals surface area contributed by atoms with Gasteiger partial charge in [-0.1, -0.05) is 23.9 Å². The van der Waals surface area contributed by atoms with E-state index in [0.717, 1.165) is 11.8 Å². The highest BCUT2D eigenvalue weighted by atomic mass is 32.2. The lowest BCUT2D eigenvalue weighted by Gasteiger charge is -2.41. The van der Waals surface area contributed by atoms with Gasteiger partial charge in [-0.3, -0.25) is 4.99 Å². The average molecular weight is 436 g/mol. The van der Waals surface area contributed by atoms with Gasteiger partial charge in [-0.25, -0.2) is 0 Å². The molecule has 0 radical (unpaired) electrons. The van der Waals surface area contributed by atoms with Crippen LogP contribution < -0.4 is 4.74 Å². The predicted octanol–water partition coefficient (Wildman–Crippen LogP) is 1.62. The number of rotatable bonds is 5. The molecule has 2 aliphatic rings. The first-order valence-corrected chi connectivity index (χ1v) is 9.74. The lowest BCUT2D eigenvalue weighted by molar-refractivity contribution is -0.286. The van der Waals surface area contributed by atoms with Gasteiger partial charge >= 0.3 is 6.18 Å². The van der Waals surface area contributed by atoms with Gasteiger partial charge in [0.2, 0.25) is 0 Å². The molecule has 162 valence electrons. The number of methoxy groups -OCH3 is 1. The van der Waals surface area contributed by atoms with Crippen molar-refractivity contribution in [2.45, 2.75) is 48.7 Å². The smallest absolute Gasteiger partial charge is 0.417 e. The van der Waals surface area contributed by atoms with Crippen LogP contribution in [0.25, 0.3) is 0 Å². The second-order valence-corrected chi connectivity index (χ2v) is 8.05. The Morgan fingerprint density at radius 3 is 2.41 bits per heavy atom. The molecule has 0 saturated carbocycles. The van der Waals surface area contributed by atoms with Crippen LogP contribution in [-0.4, -0.2) is 83.6 Å². The van der Waals surface area contributed by atoms with Crippen molar-refractivity contribution in [1.82, 2.24) is 4.90 Å². The van der Waals surface area contributed by atoms with Crippen LogP contribution in [0.1, 0.15) is 5.56 Å². The summed E-state index contributed by atoms with van der Waals surface area (Å²) in [5.41, 5.74) is -0.345. The van der Waals surface area contributed by atoms with Gasteiger partial charge in [-0.2, -0.15) is 13.2 Å². The van der Waals surface area contributed by atoms with Crippen LogP contribution in [0.15, 0.2) is 29.3 Å². The maximum Gasteiger partial charge on any atom is 0.417 e. The fourth-order valence-corrected chi connectivity index (χ4v) is 4.27. The van der Waals surface area contributed by atoms with Gasteiger partial charge in [0.05, 0.1) is 13.7 Å². The SMILES string of the molecule is COc1ccc(CO[C@H]([C@H]2O[C@@H]3SC(N(C)C)=N[C@@H]3[C@@H](O)[C@@H]2O)C(F)(F)F)cc1. The number of fused-ring (bicyclic) bond motifs is 1. The van der Waals surface area contributed by atoms with Crippen LogP contribution in [-0.2, 0) is 16.1 Å². The molecule has 1 saturated heterocycles. The monoisotopic (exact) mass is 436 g/mol. The second-order valence-electron chi connectivity index (χ2n) is 6.99. The molecule has 1 fully saturated rings. The number of aliphatic hydroxyl groups is 2. The Bertz CT molecular complexity index is 731. The fourth-order valence-electron chi connectivity index (χ4n) is 3.12. The Labute approximate surface area is 170 Å². The van der Waals surface area contributed by atoms with Crippen LogP contribution >= 0.6 is 11.8 Å².